The van der Waals surface area contributed by atoms with Gasteiger partial charge in [0.1, 0.15) is 6.04 Å². The highest BCUT2D eigenvalue weighted by Crippen LogP contribution is 2.15. The fourth-order valence-corrected chi connectivity index (χ4v) is 3.61. The van der Waals surface area contributed by atoms with E-state index in [1.54, 1.807) is 9.80 Å². The summed E-state index contributed by atoms with van der Waals surface area (Å²) in [5, 5.41) is 2.71. The van der Waals surface area contributed by atoms with Crippen molar-refractivity contribution in [3.05, 3.63) is 54.4 Å². The predicted molar refractivity (Wildman–Crippen MR) is 99.4 cm³/mol. The van der Waals surface area contributed by atoms with Crippen LogP contribution in [0.25, 0.3) is 5.69 Å². The molecule has 1 unspecified atom stereocenters. The largest absolute Gasteiger partial charge is 0.344 e. The van der Waals surface area contributed by atoms with Gasteiger partial charge >= 0.3 is 0 Å². The Bertz CT molecular complexity index is 837. The molecular weight excluding hydrogens is 344 g/mol. The fraction of sp³-hybridized carbons (Fsp3) is 0.350. The van der Waals surface area contributed by atoms with E-state index in [4.69, 9.17) is 0 Å². The second-order valence-corrected chi connectivity index (χ2v) is 6.91. The van der Waals surface area contributed by atoms with Crippen molar-refractivity contribution in [2.24, 2.45) is 0 Å². The monoisotopic (exact) mass is 366 g/mol. The lowest BCUT2D eigenvalue weighted by Crippen LogP contribution is -2.54. The van der Waals surface area contributed by atoms with Gasteiger partial charge in [-0.1, -0.05) is 0 Å². The molecule has 140 valence electrons. The molecule has 0 saturated carbocycles. The Balaban J connectivity index is 1.34. The van der Waals surface area contributed by atoms with Gasteiger partial charge < -0.3 is 19.7 Å². The Morgan fingerprint density at radius 2 is 1.56 bits per heavy atom. The van der Waals surface area contributed by atoms with E-state index in [1.807, 2.05) is 53.4 Å². The first-order valence-electron chi connectivity index (χ1n) is 9.23. The van der Waals surface area contributed by atoms with Crippen LogP contribution in [0, 0.1) is 0 Å². The number of amides is 3. The Labute approximate surface area is 157 Å². The molecule has 0 bridgehead atoms. The minimum atomic E-state index is -0.402. The first-order chi connectivity index (χ1) is 13.1. The van der Waals surface area contributed by atoms with Crippen molar-refractivity contribution in [2.75, 3.05) is 26.2 Å². The van der Waals surface area contributed by atoms with Gasteiger partial charge in [-0.2, -0.15) is 0 Å². The molecule has 3 heterocycles. The molecule has 0 spiro atoms. The normalized spacial score (nSPS) is 19.9. The number of carbonyl (C=O) groups is 3. The molecule has 4 rings (SSSR count). The van der Waals surface area contributed by atoms with Crippen molar-refractivity contribution in [2.45, 2.75) is 18.9 Å². The minimum Gasteiger partial charge on any atom is -0.344 e. The zero-order chi connectivity index (χ0) is 18.8. The number of hydrogen-bond donors (Lipinski definition) is 1. The van der Waals surface area contributed by atoms with Crippen LogP contribution in [0.15, 0.2) is 48.8 Å². The predicted octanol–water partition coefficient (Wildman–Crippen LogP) is 1.04. The topological polar surface area (TPSA) is 74.7 Å². The van der Waals surface area contributed by atoms with Crippen molar-refractivity contribution in [1.29, 1.82) is 0 Å². The van der Waals surface area contributed by atoms with Gasteiger partial charge in [0.2, 0.25) is 11.8 Å². The van der Waals surface area contributed by atoms with E-state index >= 15 is 0 Å². The molecule has 1 aromatic heterocycles. The molecule has 2 aliphatic heterocycles. The smallest absolute Gasteiger partial charge is 0.253 e. The number of carbonyl (C=O) groups excluding carboxylic acids is 3. The quantitative estimate of drug-likeness (QED) is 0.882. The third kappa shape index (κ3) is 3.58. The number of hydrogen-bond acceptors (Lipinski definition) is 3. The van der Waals surface area contributed by atoms with Gasteiger partial charge in [0, 0.05) is 56.2 Å². The van der Waals surface area contributed by atoms with Crippen molar-refractivity contribution in [3.8, 4) is 5.69 Å². The number of rotatable bonds is 3. The molecule has 1 atom stereocenters. The highest BCUT2D eigenvalue weighted by Gasteiger charge is 2.33. The summed E-state index contributed by atoms with van der Waals surface area (Å²) < 4.78 is 1.99. The van der Waals surface area contributed by atoms with E-state index in [1.165, 1.54) is 0 Å². The highest BCUT2D eigenvalue weighted by molar-refractivity contribution is 5.95. The van der Waals surface area contributed by atoms with E-state index in [0.717, 1.165) is 5.69 Å². The van der Waals surface area contributed by atoms with Crippen molar-refractivity contribution in [1.82, 2.24) is 19.7 Å². The van der Waals surface area contributed by atoms with Crippen LogP contribution in [0.2, 0.25) is 0 Å². The maximum atomic E-state index is 12.7. The number of piperazine rings is 1. The van der Waals surface area contributed by atoms with Gasteiger partial charge in [-0.15, -0.1) is 0 Å². The highest BCUT2D eigenvalue weighted by atomic mass is 16.2. The van der Waals surface area contributed by atoms with Gasteiger partial charge in [-0.05, 0) is 42.8 Å². The van der Waals surface area contributed by atoms with Crippen LogP contribution in [0.3, 0.4) is 0 Å². The van der Waals surface area contributed by atoms with E-state index in [9.17, 15) is 14.4 Å². The molecule has 2 saturated heterocycles. The second kappa shape index (κ2) is 7.26. The molecule has 2 aliphatic rings. The molecule has 0 aliphatic carbocycles. The van der Waals surface area contributed by atoms with E-state index in [-0.39, 0.29) is 17.7 Å². The lowest BCUT2D eigenvalue weighted by atomic mass is 10.1. The summed E-state index contributed by atoms with van der Waals surface area (Å²) in [5.74, 6) is -0.120. The summed E-state index contributed by atoms with van der Waals surface area (Å²) in [5.41, 5.74) is 1.65. The SMILES string of the molecule is O=C1CCC(C(=O)N2CCN(C(=O)c3ccc(-n4cccc4)cc3)CC2)N1. The zero-order valence-corrected chi connectivity index (χ0v) is 15.0. The third-order valence-corrected chi connectivity index (χ3v) is 5.19. The van der Waals surface area contributed by atoms with Gasteiger partial charge in [0.05, 0.1) is 0 Å². The summed E-state index contributed by atoms with van der Waals surface area (Å²) >= 11 is 0. The molecule has 0 radical (unpaired) electrons. The Morgan fingerprint density at radius 1 is 0.926 bits per heavy atom. The fourth-order valence-electron chi connectivity index (χ4n) is 3.61. The molecule has 7 heteroatoms. The third-order valence-electron chi connectivity index (χ3n) is 5.19. The number of benzene rings is 1. The maximum absolute atomic E-state index is 12.7. The molecule has 27 heavy (non-hydrogen) atoms. The lowest BCUT2D eigenvalue weighted by molar-refractivity contribution is -0.135. The van der Waals surface area contributed by atoms with Gasteiger partial charge in [0.25, 0.3) is 5.91 Å². The van der Waals surface area contributed by atoms with E-state index in [2.05, 4.69) is 5.32 Å². The zero-order valence-electron chi connectivity index (χ0n) is 15.0. The average molecular weight is 366 g/mol. The van der Waals surface area contributed by atoms with Crippen LogP contribution in [-0.4, -0.2) is 64.3 Å². The molecule has 1 aromatic carbocycles. The van der Waals surface area contributed by atoms with Crippen LogP contribution >= 0.6 is 0 Å². The molecule has 1 N–H and O–H groups in total. The summed E-state index contributed by atoms with van der Waals surface area (Å²) in [4.78, 5) is 40.0. The first-order valence-corrected chi connectivity index (χ1v) is 9.23. The first kappa shape index (κ1) is 17.3. The van der Waals surface area contributed by atoms with Crippen LogP contribution in [0.5, 0.6) is 0 Å². The maximum Gasteiger partial charge on any atom is 0.253 e. The number of nitrogens with zero attached hydrogens (tertiary/aromatic N) is 3. The van der Waals surface area contributed by atoms with Crippen LogP contribution in [0.4, 0.5) is 0 Å². The Morgan fingerprint density at radius 3 is 2.15 bits per heavy atom. The molecule has 2 fully saturated rings. The minimum absolute atomic E-state index is 0.0182. The summed E-state index contributed by atoms with van der Waals surface area (Å²) in [7, 11) is 0. The van der Waals surface area contributed by atoms with Gasteiger partial charge in [0.15, 0.2) is 0 Å². The van der Waals surface area contributed by atoms with Crippen molar-refractivity contribution in [3.63, 3.8) is 0 Å². The summed E-state index contributed by atoms with van der Waals surface area (Å²) in [6.07, 6.45) is 4.89. The number of nitrogens with one attached hydrogen (secondary N) is 1. The van der Waals surface area contributed by atoms with Gasteiger partial charge in [-0.25, -0.2) is 0 Å². The summed E-state index contributed by atoms with van der Waals surface area (Å²) in [6, 6.07) is 11.0. The van der Waals surface area contributed by atoms with Gasteiger partial charge in [-0.3, -0.25) is 14.4 Å². The Kier molecular flexibility index (Phi) is 4.66. The standard InChI is InChI=1S/C20H22N4O3/c25-18-8-7-17(21-18)20(27)24-13-11-23(12-14-24)19(26)15-3-5-16(6-4-15)22-9-1-2-10-22/h1-6,9-10,17H,7-8,11-14H2,(H,21,25). The lowest BCUT2D eigenvalue weighted by Gasteiger charge is -2.36. The Hall–Kier alpha value is -3.09. The molecule has 7 nitrogen and oxygen atoms in total. The van der Waals surface area contributed by atoms with E-state index < -0.39 is 6.04 Å². The van der Waals surface area contributed by atoms with Crippen LogP contribution in [-0.2, 0) is 9.59 Å². The van der Waals surface area contributed by atoms with E-state index in [0.29, 0.717) is 44.6 Å². The van der Waals surface area contributed by atoms with Crippen molar-refractivity contribution < 1.29 is 14.4 Å². The second-order valence-electron chi connectivity index (χ2n) is 6.91. The summed E-state index contributed by atoms with van der Waals surface area (Å²) in [6.45, 7) is 2.01. The van der Waals surface area contributed by atoms with Crippen LogP contribution in [0.1, 0.15) is 23.2 Å². The molecule has 2 aromatic rings. The van der Waals surface area contributed by atoms with Crippen molar-refractivity contribution >= 4 is 17.7 Å². The molecule has 3 amide bonds. The number of aromatic nitrogens is 1. The van der Waals surface area contributed by atoms with Crippen LogP contribution < -0.4 is 5.32 Å². The average Bonchev–Trinajstić information content (AvgIpc) is 3.39. The molecular formula is C20H22N4O3.